The highest BCUT2D eigenvalue weighted by molar-refractivity contribution is 5.92. The number of rotatable bonds is 1. The minimum absolute atomic E-state index is 0.00808. The smallest absolute Gasteiger partial charge is 0.334 e. The highest BCUT2D eigenvalue weighted by Gasteiger charge is 3.00. The van der Waals surface area contributed by atoms with Gasteiger partial charge in [-0.2, -0.15) is 0 Å². The van der Waals surface area contributed by atoms with Crippen LogP contribution in [0.15, 0.2) is 11.1 Å². The summed E-state index contributed by atoms with van der Waals surface area (Å²) in [5.41, 5.74) is 0.230. The fourth-order valence-corrected chi connectivity index (χ4v) is 7.70. The summed E-state index contributed by atoms with van der Waals surface area (Å²) in [5.74, 6) is 0.297. The quantitative estimate of drug-likeness (QED) is 0.557. The molecular formula is C20H24O6. The van der Waals surface area contributed by atoms with Crippen molar-refractivity contribution in [3.8, 4) is 0 Å². The molecule has 140 valence electrons. The minimum Gasteiger partial charge on any atom is -0.458 e. The van der Waals surface area contributed by atoms with Crippen LogP contribution in [0.2, 0.25) is 0 Å². The van der Waals surface area contributed by atoms with Gasteiger partial charge in [0.25, 0.3) is 0 Å². The van der Waals surface area contributed by atoms with Crippen LogP contribution in [0.1, 0.15) is 40.0 Å². The zero-order valence-corrected chi connectivity index (χ0v) is 15.3. The van der Waals surface area contributed by atoms with E-state index in [9.17, 15) is 9.90 Å². The van der Waals surface area contributed by atoms with Gasteiger partial charge in [0.2, 0.25) is 0 Å². The van der Waals surface area contributed by atoms with Gasteiger partial charge in [-0.25, -0.2) is 4.79 Å². The Morgan fingerprint density at radius 2 is 2.00 bits per heavy atom. The van der Waals surface area contributed by atoms with Crippen molar-refractivity contribution in [1.29, 1.82) is 0 Å². The first-order valence-electron chi connectivity index (χ1n) is 9.95. The van der Waals surface area contributed by atoms with Crippen LogP contribution in [-0.4, -0.2) is 58.9 Å². The van der Waals surface area contributed by atoms with E-state index in [1.165, 1.54) is 0 Å². The van der Waals surface area contributed by atoms with Gasteiger partial charge in [0.05, 0.1) is 6.10 Å². The normalized spacial score (nSPS) is 63.1. The number of epoxide rings is 3. The molecule has 4 aliphatic heterocycles. The predicted octanol–water partition coefficient (Wildman–Crippen LogP) is 1.10. The number of ether oxygens (including phenoxy) is 4. The molecule has 7 rings (SSSR count). The molecule has 0 bridgehead atoms. The molecule has 0 aromatic heterocycles. The lowest BCUT2D eigenvalue weighted by atomic mass is 9.46. The number of cyclic esters (lactones) is 1. The van der Waals surface area contributed by atoms with Crippen molar-refractivity contribution in [2.75, 3.05) is 6.61 Å². The van der Waals surface area contributed by atoms with Crippen molar-refractivity contribution in [3.05, 3.63) is 11.1 Å². The molecule has 3 saturated heterocycles. The van der Waals surface area contributed by atoms with Gasteiger partial charge in [-0.15, -0.1) is 0 Å². The first-order chi connectivity index (χ1) is 12.3. The summed E-state index contributed by atoms with van der Waals surface area (Å²) in [4.78, 5) is 12.1. The molecule has 1 N–H and O–H groups in total. The highest BCUT2D eigenvalue weighted by atomic mass is 16.7. The lowest BCUT2D eigenvalue weighted by molar-refractivity contribution is -0.136. The number of hydrogen-bond acceptors (Lipinski definition) is 6. The van der Waals surface area contributed by atoms with Gasteiger partial charge < -0.3 is 24.1 Å². The van der Waals surface area contributed by atoms with Crippen molar-refractivity contribution >= 4 is 5.97 Å². The summed E-state index contributed by atoms with van der Waals surface area (Å²) >= 11 is 0. The number of aliphatic hydroxyl groups excluding tert-OH is 1. The van der Waals surface area contributed by atoms with E-state index >= 15 is 0 Å². The Balaban J connectivity index is 1.39. The van der Waals surface area contributed by atoms with E-state index in [-0.39, 0.29) is 41.5 Å². The van der Waals surface area contributed by atoms with Crippen LogP contribution in [0.5, 0.6) is 0 Å². The molecule has 4 heterocycles. The fourth-order valence-electron chi connectivity index (χ4n) is 7.70. The molecule has 0 radical (unpaired) electrons. The lowest BCUT2D eigenvalue weighted by Gasteiger charge is -2.53. The largest absolute Gasteiger partial charge is 0.458 e. The Labute approximate surface area is 151 Å². The maximum Gasteiger partial charge on any atom is 0.334 e. The van der Waals surface area contributed by atoms with Crippen LogP contribution in [0.25, 0.3) is 0 Å². The van der Waals surface area contributed by atoms with Crippen LogP contribution in [-0.2, 0) is 23.7 Å². The maximum absolute atomic E-state index is 12.1. The first-order valence-corrected chi connectivity index (χ1v) is 9.95. The molecule has 2 unspecified atom stereocenters. The van der Waals surface area contributed by atoms with Crippen molar-refractivity contribution in [2.24, 2.45) is 17.3 Å². The van der Waals surface area contributed by atoms with Gasteiger partial charge >= 0.3 is 5.97 Å². The molecule has 2 saturated carbocycles. The average molecular weight is 360 g/mol. The number of hydrogen-bond donors (Lipinski definition) is 1. The van der Waals surface area contributed by atoms with Gasteiger partial charge in [-0.1, -0.05) is 20.8 Å². The molecular weight excluding hydrogens is 336 g/mol. The second-order valence-corrected chi connectivity index (χ2v) is 9.91. The zero-order valence-electron chi connectivity index (χ0n) is 15.3. The van der Waals surface area contributed by atoms with Crippen molar-refractivity contribution in [3.63, 3.8) is 0 Å². The molecule has 0 amide bonds. The molecule has 0 aromatic carbocycles. The van der Waals surface area contributed by atoms with Crippen molar-refractivity contribution in [2.45, 2.75) is 81.3 Å². The van der Waals surface area contributed by atoms with Gasteiger partial charge in [-0.3, -0.25) is 0 Å². The summed E-state index contributed by atoms with van der Waals surface area (Å²) in [6.07, 6.45) is 1.71. The minimum atomic E-state index is -0.654. The van der Waals surface area contributed by atoms with Gasteiger partial charge in [0.15, 0.2) is 5.60 Å². The average Bonchev–Trinajstić information content (AvgIpc) is 3.47. The van der Waals surface area contributed by atoms with E-state index in [0.717, 1.165) is 30.4 Å². The van der Waals surface area contributed by atoms with E-state index in [1.807, 2.05) is 0 Å². The van der Waals surface area contributed by atoms with Crippen molar-refractivity contribution in [1.82, 2.24) is 0 Å². The summed E-state index contributed by atoms with van der Waals surface area (Å²) in [6, 6.07) is 0. The van der Waals surface area contributed by atoms with E-state index in [2.05, 4.69) is 20.8 Å². The fraction of sp³-hybridized carbons (Fsp3) is 0.850. The van der Waals surface area contributed by atoms with Crippen LogP contribution in [0.4, 0.5) is 0 Å². The first kappa shape index (κ1) is 15.0. The molecule has 0 aromatic rings. The van der Waals surface area contributed by atoms with E-state index < -0.39 is 22.9 Å². The number of fused-ring (bicyclic) bond motifs is 4. The number of aliphatic hydroxyl groups is 1. The van der Waals surface area contributed by atoms with E-state index in [4.69, 9.17) is 18.9 Å². The number of carbonyl (C=O) groups is 1. The zero-order chi connectivity index (χ0) is 17.9. The Bertz CT molecular complexity index is 819. The maximum atomic E-state index is 12.1. The molecule has 6 heteroatoms. The third-order valence-corrected chi connectivity index (χ3v) is 9.10. The summed E-state index contributed by atoms with van der Waals surface area (Å²) in [5, 5.41) is 11.4. The molecule has 6 nitrogen and oxygen atoms in total. The number of carbonyl (C=O) groups excluding carboxylic acids is 1. The van der Waals surface area contributed by atoms with Crippen LogP contribution in [0, 0.1) is 17.3 Å². The predicted molar refractivity (Wildman–Crippen MR) is 87.1 cm³/mol. The van der Waals surface area contributed by atoms with Crippen LogP contribution < -0.4 is 0 Å². The molecule has 9 atom stereocenters. The Morgan fingerprint density at radius 3 is 2.77 bits per heavy atom. The SMILES string of the molecule is CC(C)[C@]12O[C@H]1[C@@H]1O[C@@]13[C@@]1(C)CCC4=C(COC4=O)C1C[C@@H]1O[C@@]13C2O. The van der Waals surface area contributed by atoms with Gasteiger partial charge in [-0.05, 0) is 36.7 Å². The third-order valence-electron chi connectivity index (χ3n) is 9.10. The number of esters is 1. The van der Waals surface area contributed by atoms with Gasteiger partial charge in [0, 0.05) is 11.0 Å². The molecule has 5 fully saturated rings. The summed E-state index contributed by atoms with van der Waals surface area (Å²) in [6.45, 7) is 6.91. The topological polar surface area (TPSA) is 84.1 Å². The Morgan fingerprint density at radius 1 is 1.19 bits per heavy atom. The monoisotopic (exact) mass is 360 g/mol. The second kappa shape index (κ2) is 3.79. The standard InChI is InChI=1S/C20H24O6/c1-8(2)18-13(25-18)14-20(26-14)17(3)5-4-9-10(7-23-15(9)21)11(17)6-12-19(20,24-12)16(18)22/h8,11-14,16,22H,4-7H2,1-3H3/t11?,12-,13-,14-,16?,17-,18-,19+,20+/m0/s1. The van der Waals surface area contributed by atoms with E-state index in [1.54, 1.807) is 0 Å². The Kier molecular flexibility index (Phi) is 2.19. The third kappa shape index (κ3) is 1.14. The summed E-state index contributed by atoms with van der Waals surface area (Å²) < 4.78 is 24.3. The Hall–Kier alpha value is -0.950. The van der Waals surface area contributed by atoms with Crippen LogP contribution in [0.3, 0.4) is 0 Å². The molecule has 26 heavy (non-hydrogen) atoms. The van der Waals surface area contributed by atoms with Crippen LogP contribution >= 0.6 is 0 Å². The molecule has 2 spiro atoms. The lowest BCUT2D eigenvalue weighted by Crippen LogP contribution is -2.69. The molecule has 3 aliphatic carbocycles. The van der Waals surface area contributed by atoms with Gasteiger partial charge in [0.1, 0.15) is 36.1 Å². The van der Waals surface area contributed by atoms with E-state index in [0.29, 0.717) is 6.61 Å². The van der Waals surface area contributed by atoms with Crippen molar-refractivity contribution < 1.29 is 28.8 Å². The highest BCUT2D eigenvalue weighted by Crippen LogP contribution is 2.82. The second-order valence-electron chi connectivity index (χ2n) is 9.91. The molecule has 7 aliphatic rings. The summed E-state index contributed by atoms with van der Waals surface area (Å²) in [7, 11) is 0.